The van der Waals surface area contributed by atoms with Crippen LogP contribution >= 0.6 is 0 Å². The van der Waals surface area contributed by atoms with Crippen molar-refractivity contribution >= 4 is 6.29 Å². The Balaban J connectivity index is 3.04. The number of hydrogen-bond donors (Lipinski definition) is 0. The number of aldehydes is 1. The molecule has 1 rings (SSSR count). The summed E-state index contributed by atoms with van der Waals surface area (Å²) in [5, 5.41) is 0. The van der Waals surface area contributed by atoms with Crippen LogP contribution in [0.2, 0.25) is 0 Å². The van der Waals surface area contributed by atoms with E-state index in [2.05, 4.69) is 13.8 Å². The first-order valence-corrected chi connectivity index (χ1v) is 4.67. The van der Waals surface area contributed by atoms with Crippen LogP contribution in [0.15, 0.2) is 24.3 Å². The lowest BCUT2D eigenvalue weighted by Gasteiger charge is -2.16. The average Bonchev–Trinajstić information content (AvgIpc) is 2.09. The summed E-state index contributed by atoms with van der Waals surface area (Å²) >= 11 is 0. The predicted octanol–water partition coefficient (Wildman–Crippen LogP) is 2.93. The first-order valence-electron chi connectivity index (χ1n) is 4.67. The van der Waals surface area contributed by atoms with Gasteiger partial charge in [0.25, 0.3) is 0 Å². The first-order chi connectivity index (χ1) is 6.16. The molecule has 0 N–H and O–H groups in total. The summed E-state index contributed by atoms with van der Waals surface area (Å²) < 4.78 is 0. The van der Waals surface area contributed by atoms with Gasteiger partial charge in [0.15, 0.2) is 0 Å². The van der Waals surface area contributed by atoms with Gasteiger partial charge in [-0.15, -0.1) is 0 Å². The van der Waals surface area contributed by atoms with Gasteiger partial charge in [0.2, 0.25) is 0 Å². The summed E-state index contributed by atoms with van der Waals surface area (Å²) in [4.78, 5) is 10.9. The SMILES string of the molecule is Cc1ccccc1C(C=O)C(C)C. The highest BCUT2D eigenvalue weighted by Gasteiger charge is 2.15. The molecule has 0 saturated heterocycles. The molecule has 1 atom stereocenters. The molecule has 0 aliphatic heterocycles. The van der Waals surface area contributed by atoms with Crippen molar-refractivity contribution in [3.05, 3.63) is 35.4 Å². The van der Waals surface area contributed by atoms with Crippen LogP contribution < -0.4 is 0 Å². The van der Waals surface area contributed by atoms with E-state index in [1.165, 1.54) is 5.56 Å². The lowest BCUT2D eigenvalue weighted by molar-refractivity contribution is -0.109. The monoisotopic (exact) mass is 176 g/mol. The van der Waals surface area contributed by atoms with E-state index < -0.39 is 0 Å². The largest absolute Gasteiger partial charge is 0.303 e. The van der Waals surface area contributed by atoms with Crippen molar-refractivity contribution in [2.45, 2.75) is 26.7 Å². The third kappa shape index (κ3) is 2.18. The smallest absolute Gasteiger partial charge is 0.127 e. The minimum Gasteiger partial charge on any atom is -0.303 e. The number of benzene rings is 1. The minimum atomic E-state index is 0.0428. The van der Waals surface area contributed by atoms with Crippen LogP contribution in [-0.4, -0.2) is 6.29 Å². The van der Waals surface area contributed by atoms with Crippen LogP contribution in [0.25, 0.3) is 0 Å². The standard InChI is InChI=1S/C12H16O/c1-9(2)12(8-13)11-7-5-4-6-10(11)3/h4-9,12H,1-3H3. The fourth-order valence-corrected chi connectivity index (χ4v) is 1.55. The minimum absolute atomic E-state index is 0.0428. The van der Waals surface area contributed by atoms with Crippen molar-refractivity contribution in [1.29, 1.82) is 0 Å². The van der Waals surface area contributed by atoms with Crippen LogP contribution in [0.4, 0.5) is 0 Å². The normalized spacial score (nSPS) is 12.9. The van der Waals surface area contributed by atoms with Gasteiger partial charge in [-0.3, -0.25) is 0 Å². The molecule has 0 radical (unpaired) electrons. The van der Waals surface area contributed by atoms with Gasteiger partial charge in [-0.2, -0.15) is 0 Å². The molecule has 0 aromatic heterocycles. The van der Waals surface area contributed by atoms with Crippen molar-refractivity contribution in [1.82, 2.24) is 0 Å². The molecule has 1 aromatic carbocycles. The van der Waals surface area contributed by atoms with Crippen LogP contribution in [0.5, 0.6) is 0 Å². The van der Waals surface area contributed by atoms with Crippen LogP contribution in [0.1, 0.15) is 30.9 Å². The topological polar surface area (TPSA) is 17.1 Å². The van der Waals surface area contributed by atoms with Crippen molar-refractivity contribution in [3.8, 4) is 0 Å². The molecule has 0 heterocycles. The Labute approximate surface area is 79.8 Å². The van der Waals surface area contributed by atoms with Gasteiger partial charge in [-0.1, -0.05) is 38.1 Å². The van der Waals surface area contributed by atoms with Crippen molar-refractivity contribution in [2.24, 2.45) is 5.92 Å². The summed E-state index contributed by atoms with van der Waals surface area (Å²) in [5.41, 5.74) is 2.36. The Kier molecular flexibility index (Phi) is 3.24. The maximum absolute atomic E-state index is 10.9. The molecule has 70 valence electrons. The van der Waals surface area contributed by atoms with Gasteiger partial charge in [-0.05, 0) is 24.0 Å². The highest BCUT2D eigenvalue weighted by atomic mass is 16.1. The molecular weight excluding hydrogens is 160 g/mol. The molecule has 1 nitrogen and oxygen atoms in total. The van der Waals surface area contributed by atoms with E-state index in [1.807, 2.05) is 31.2 Å². The van der Waals surface area contributed by atoms with Crippen molar-refractivity contribution in [3.63, 3.8) is 0 Å². The second kappa shape index (κ2) is 4.22. The second-order valence-corrected chi connectivity index (χ2v) is 3.76. The Morgan fingerprint density at radius 2 is 1.85 bits per heavy atom. The van der Waals surface area contributed by atoms with Gasteiger partial charge < -0.3 is 4.79 Å². The zero-order valence-corrected chi connectivity index (χ0v) is 8.45. The first kappa shape index (κ1) is 9.97. The van der Waals surface area contributed by atoms with E-state index in [4.69, 9.17) is 0 Å². The second-order valence-electron chi connectivity index (χ2n) is 3.76. The quantitative estimate of drug-likeness (QED) is 0.647. The molecular formula is C12H16O. The van der Waals surface area contributed by atoms with Crippen molar-refractivity contribution < 1.29 is 4.79 Å². The van der Waals surface area contributed by atoms with E-state index >= 15 is 0 Å². The summed E-state index contributed by atoms with van der Waals surface area (Å²) in [5.74, 6) is 0.416. The third-order valence-electron chi connectivity index (χ3n) is 2.41. The Morgan fingerprint density at radius 3 is 2.31 bits per heavy atom. The highest BCUT2D eigenvalue weighted by molar-refractivity contribution is 5.63. The van der Waals surface area contributed by atoms with E-state index in [0.29, 0.717) is 5.92 Å². The van der Waals surface area contributed by atoms with Crippen LogP contribution in [0, 0.1) is 12.8 Å². The Bertz CT molecular complexity index is 289. The van der Waals surface area contributed by atoms with E-state index in [-0.39, 0.29) is 5.92 Å². The van der Waals surface area contributed by atoms with Crippen LogP contribution in [-0.2, 0) is 4.79 Å². The number of carbonyl (C=O) groups excluding carboxylic acids is 1. The molecule has 1 aromatic rings. The Morgan fingerprint density at radius 1 is 1.23 bits per heavy atom. The molecule has 1 unspecified atom stereocenters. The zero-order chi connectivity index (χ0) is 9.84. The maximum Gasteiger partial charge on any atom is 0.127 e. The van der Waals surface area contributed by atoms with Gasteiger partial charge in [0.05, 0.1) is 0 Å². The van der Waals surface area contributed by atoms with Crippen molar-refractivity contribution in [2.75, 3.05) is 0 Å². The molecule has 0 aliphatic carbocycles. The fraction of sp³-hybridized carbons (Fsp3) is 0.417. The van der Waals surface area contributed by atoms with Gasteiger partial charge in [0, 0.05) is 5.92 Å². The lowest BCUT2D eigenvalue weighted by Crippen LogP contribution is -2.09. The highest BCUT2D eigenvalue weighted by Crippen LogP contribution is 2.24. The summed E-state index contributed by atoms with van der Waals surface area (Å²) in [6.45, 7) is 6.20. The molecule has 0 amide bonds. The van der Waals surface area contributed by atoms with Gasteiger partial charge in [0.1, 0.15) is 6.29 Å². The number of hydrogen-bond acceptors (Lipinski definition) is 1. The summed E-state index contributed by atoms with van der Waals surface area (Å²) in [6, 6.07) is 8.07. The van der Waals surface area contributed by atoms with Crippen LogP contribution in [0.3, 0.4) is 0 Å². The molecule has 0 bridgehead atoms. The zero-order valence-electron chi connectivity index (χ0n) is 8.45. The fourth-order valence-electron chi connectivity index (χ4n) is 1.55. The average molecular weight is 176 g/mol. The molecule has 0 fully saturated rings. The molecule has 1 heteroatoms. The third-order valence-corrected chi connectivity index (χ3v) is 2.41. The maximum atomic E-state index is 10.9. The van der Waals surface area contributed by atoms with E-state index in [0.717, 1.165) is 11.8 Å². The molecule has 0 spiro atoms. The van der Waals surface area contributed by atoms with Gasteiger partial charge in [-0.25, -0.2) is 0 Å². The summed E-state index contributed by atoms with van der Waals surface area (Å²) in [7, 11) is 0. The van der Waals surface area contributed by atoms with E-state index in [1.54, 1.807) is 0 Å². The van der Waals surface area contributed by atoms with Gasteiger partial charge >= 0.3 is 0 Å². The van der Waals surface area contributed by atoms with E-state index in [9.17, 15) is 4.79 Å². The number of rotatable bonds is 3. The predicted molar refractivity (Wildman–Crippen MR) is 54.8 cm³/mol. The molecule has 13 heavy (non-hydrogen) atoms. The Hall–Kier alpha value is -1.11. The summed E-state index contributed by atoms with van der Waals surface area (Å²) in [6.07, 6.45) is 1.05. The molecule has 0 aliphatic rings. The molecule has 0 saturated carbocycles. The lowest BCUT2D eigenvalue weighted by atomic mass is 9.87. The number of aryl methyl sites for hydroxylation is 1. The number of carbonyl (C=O) groups is 1.